The van der Waals surface area contributed by atoms with E-state index < -0.39 is 0 Å². The van der Waals surface area contributed by atoms with Gasteiger partial charge in [0.2, 0.25) is 0 Å². The van der Waals surface area contributed by atoms with Crippen molar-refractivity contribution in [3.63, 3.8) is 0 Å². The molecule has 9 rings (SSSR count). The van der Waals surface area contributed by atoms with Gasteiger partial charge in [-0.2, -0.15) is 18.2 Å². The molecular weight excluding hydrogens is 899 g/mol. The van der Waals surface area contributed by atoms with Crippen LogP contribution >= 0.6 is 0 Å². The molecule has 0 spiro atoms. The zero-order chi connectivity index (χ0) is 36.1. The van der Waals surface area contributed by atoms with Crippen molar-refractivity contribution in [3.05, 3.63) is 218 Å². The van der Waals surface area contributed by atoms with Crippen molar-refractivity contribution in [1.29, 1.82) is 0 Å². The summed E-state index contributed by atoms with van der Waals surface area (Å²) in [6, 6.07) is 77.7. The van der Waals surface area contributed by atoms with Crippen LogP contribution in [0.5, 0.6) is 23.0 Å². The molecule has 0 atom stereocenters. The molecular formula is C50H33N2O2U. The number of anilines is 6. The van der Waals surface area contributed by atoms with Gasteiger partial charge >= 0.3 is 31.1 Å². The fraction of sp³-hybridized carbons (Fsp3) is 0. The average Bonchev–Trinajstić information content (AvgIpc) is 3.23. The van der Waals surface area contributed by atoms with Gasteiger partial charge in [-0.05, 0) is 47.2 Å². The van der Waals surface area contributed by atoms with Crippen LogP contribution in [0.1, 0.15) is 0 Å². The van der Waals surface area contributed by atoms with E-state index in [9.17, 15) is 0 Å². The Morgan fingerprint density at radius 2 is 0.745 bits per heavy atom. The first-order chi connectivity index (χ1) is 26.8. The fourth-order valence-electron chi connectivity index (χ4n) is 6.86. The molecule has 0 N–H and O–H groups in total. The number of ether oxygens (including phenoxy) is 2. The van der Waals surface area contributed by atoms with Crippen LogP contribution in [0.15, 0.2) is 200 Å². The molecule has 0 aliphatic carbocycles. The summed E-state index contributed by atoms with van der Waals surface area (Å²) >= 11 is 0. The van der Waals surface area contributed by atoms with Crippen LogP contribution in [-0.4, -0.2) is 0 Å². The first-order valence-electron chi connectivity index (χ1n) is 17.8. The number of para-hydroxylation sites is 2. The standard InChI is InChI=1S/C50H33N2O2.U/c1-3-20-39(21-4-1)51(49-32-11-18-37-16-7-9-30-47(37)49)41-24-13-26-43(34-41)53-45-28-15-29-46(36-45)54-44-27-14-25-42(35-44)52(40-22-5-2-6-23-40)50-33-12-19-38-17-8-10-31-48(38)50;/h1-25,28-35H;/q-3;+3. The van der Waals surface area contributed by atoms with Crippen LogP contribution < -0.4 is 19.3 Å². The Morgan fingerprint density at radius 3 is 1.22 bits per heavy atom. The first kappa shape index (κ1) is 35.8. The minimum atomic E-state index is 0. The summed E-state index contributed by atoms with van der Waals surface area (Å²) in [5.74, 6) is 2.14. The molecule has 0 heterocycles. The number of hydrogen-bond acceptors (Lipinski definition) is 4. The summed E-state index contributed by atoms with van der Waals surface area (Å²) in [4.78, 5) is 4.48. The monoisotopic (exact) mass is 931 g/mol. The second-order valence-electron chi connectivity index (χ2n) is 12.7. The third-order valence-corrected chi connectivity index (χ3v) is 9.26. The van der Waals surface area contributed by atoms with E-state index in [1.54, 1.807) is 0 Å². The molecule has 9 aromatic carbocycles. The van der Waals surface area contributed by atoms with Crippen LogP contribution in [0.2, 0.25) is 0 Å². The molecule has 0 bridgehead atoms. The van der Waals surface area contributed by atoms with E-state index in [0.29, 0.717) is 23.0 Å². The van der Waals surface area contributed by atoms with E-state index in [4.69, 9.17) is 9.47 Å². The van der Waals surface area contributed by atoms with E-state index >= 15 is 0 Å². The van der Waals surface area contributed by atoms with Crippen molar-refractivity contribution in [2.45, 2.75) is 0 Å². The molecule has 0 unspecified atom stereocenters. The quantitative estimate of drug-likeness (QED) is 0.128. The van der Waals surface area contributed by atoms with Gasteiger partial charge < -0.3 is 19.3 Å². The molecule has 9 aromatic rings. The van der Waals surface area contributed by atoms with Crippen molar-refractivity contribution in [2.24, 2.45) is 0 Å². The Bertz CT molecular complexity index is 2510. The van der Waals surface area contributed by atoms with Crippen molar-refractivity contribution >= 4 is 55.7 Å². The third kappa shape index (κ3) is 7.72. The van der Waals surface area contributed by atoms with Gasteiger partial charge in [0, 0.05) is 45.1 Å². The van der Waals surface area contributed by atoms with Gasteiger partial charge in [0.05, 0.1) is 11.4 Å². The SMILES string of the molecule is [U+3].[c-]1c(Oc2[c-]ccc(N(c3ccccc3)c3cccc4ccccc34)c2)cccc1Oc1[c-]ccc(N(c2ccccc2)c2cccc3ccccc23)c1. The zero-order valence-electron chi connectivity index (χ0n) is 29.8. The molecule has 0 aromatic heterocycles. The maximum Gasteiger partial charge on any atom is 3.00 e. The number of benzene rings is 9. The predicted molar refractivity (Wildman–Crippen MR) is 220 cm³/mol. The molecule has 1 radical (unpaired) electrons. The molecule has 0 saturated carbocycles. The van der Waals surface area contributed by atoms with Gasteiger partial charge in [-0.3, -0.25) is 0 Å². The molecule has 0 aliphatic heterocycles. The van der Waals surface area contributed by atoms with Gasteiger partial charge in [-0.1, -0.05) is 127 Å². The Kier molecular flexibility index (Phi) is 10.7. The number of rotatable bonds is 10. The largest absolute Gasteiger partial charge is 3.00 e. The molecule has 55 heavy (non-hydrogen) atoms. The predicted octanol–water partition coefficient (Wildman–Crippen LogP) is 13.9. The minimum absolute atomic E-state index is 0. The summed E-state index contributed by atoms with van der Waals surface area (Å²) in [6.07, 6.45) is 0. The number of nitrogens with zero attached hydrogens (tertiary/aromatic N) is 2. The topological polar surface area (TPSA) is 24.9 Å². The molecule has 0 saturated heterocycles. The van der Waals surface area contributed by atoms with Gasteiger partial charge in [0.1, 0.15) is 0 Å². The van der Waals surface area contributed by atoms with E-state index in [2.05, 4.69) is 161 Å². The van der Waals surface area contributed by atoms with Gasteiger partial charge in [-0.15, -0.1) is 48.5 Å². The maximum atomic E-state index is 6.39. The van der Waals surface area contributed by atoms with Crippen molar-refractivity contribution in [3.8, 4) is 23.0 Å². The van der Waals surface area contributed by atoms with Crippen molar-refractivity contribution < 1.29 is 40.6 Å². The minimum Gasteiger partial charge on any atom is -0.509 e. The van der Waals surface area contributed by atoms with E-state index in [1.165, 1.54) is 10.8 Å². The Hall–Kier alpha value is -6.25. The molecule has 259 valence electrons. The number of hydrogen-bond donors (Lipinski definition) is 0. The molecule has 0 fully saturated rings. The number of fused-ring (bicyclic) bond motifs is 2. The van der Waals surface area contributed by atoms with E-state index in [-0.39, 0.29) is 31.1 Å². The first-order valence-corrected chi connectivity index (χ1v) is 17.8. The molecule has 0 amide bonds. The van der Waals surface area contributed by atoms with Crippen LogP contribution in [-0.2, 0) is 0 Å². The maximum absolute atomic E-state index is 6.39. The van der Waals surface area contributed by atoms with Gasteiger partial charge in [0.15, 0.2) is 0 Å². The van der Waals surface area contributed by atoms with Crippen molar-refractivity contribution in [1.82, 2.24) is 0 Å². The third-order valence-electron chi connectivity index (χ3n) is 9.26. The van der Waals surface area contributed by atoms with Crippen LogP contribution in [0.3, 0.4) is 0 Å². The normalized spacial score (nSPS) is 10.8. The van der Waals surface area contributed by atoms with Crippen molar-refractivity contribution in [2.75, 3.05) is 9.80 Å². The zero-order valence-corrected chi connectivity index (χ0v) is 33.9. The smallest absolute Gasteiger partial charge is 0.509 e. The van der Waals surface area contributed by atoms with E-state index in [0.717, 1.165) is 44.9 Å². The Labute approximate surface area is 345 Å². The summed E-state index contributed by atoms with van der Waals surface area (Å²) in [5.41, 5.74) is 6.11. The second kappa shape index (κ2) is 16.4. The van der Waals surface area contributed by atoms with Crippen LogP contribution in [0.25, 0.3) is 21.5 Å². The van der Waals surface area contributed by atoms with E-state index in [1.807, 2.05) is 66.7 Å². The molecule has 4 nitrogen and oxygen atoms in total. The van der Waals surface area contributed by atoms with Gasteiger partial charge in [-0.25, -0.2) is 0 Å². The average molecular weight is 932 g/mol. The Morgan fingerprint density at radius 1 is 0.345 bits per heavy atom. The van der Waals surface area contributed by atoms with Crippen LogP contribution in [0, 0.1) is 49.3 Å². The molecule has 0 aliphatic rings. The van der Waals surface area contributed by atoms with Gasteiger partial charge in [0.25, 0.3) is 0 Å². The summed E-state index contributed by atoms with van der Waals surface area (Å²) in [6.45, 7) is 0. The fourth-order valence-corrected chi connectivity index (χ4v) is 6.86. The summed E-state index contributed by atoms with van der Waals surface area (Å²) in [5, 5.41) is 4.65. The second-order valence-corrected chi connectivity index (χ2v) is 12.7. The van der Waals surface area contributed by atoms with Crippen LogP contribution in [0.4, 0.5) is 34.1 Å². The molecule has 5 heteroatoms. The Balaban J connectivity index is 0.00000427. The summed E-state index contributed by atoms with van der Waals surface area (Å²) in [7, 11) is 0. The summed E-state index contributed by atoms with van der Waals surface area (Å²) < 4.78 is 12.8.